The minimum atomic E-state index is 0.124. The fourth-order valence-corrected chi connectivity index (χ4v) is 6.63. The molecule has 0 fully saturated rings. The summed E-state index contributed by atoms with van der Waals surface area (Å²) in [5.41, 5.74) is 0.962. The Hall–Kier alpha value is -0.200. The highest BCUT2D eigenvalue weighted by Gasteiger charge is 2.35. The van der Waals surface area contributed by atoms with Gasteiger partial charge in [-0.25, -0.2) is 0 Å². The predicted molar refractivity (Wildman–Crippen MR) is 186 cm³/mol. The molecule has 0 spiro atoms. The molecule has 0 bridgehead atoms. The lowest BCUT2D eigenvalue weighted by Gasteiger charge is -2.48. The highest BCUT2D eigenvalue weighted by atomic mass is 15.3. The van der Waals surface area contributed by atoms with Crippen LogP contribution in [0.15, 0.2) is 0 Å². The minimum Gasteiger partial charge on any atom is -0.296 e. The Morgan fingerprint density at radius 2 is 0.366 bits per heavy atom. The van der Waals surface area contributed by atoms with Crippen molar-refractivity contribution in [2.45, 2.75) is 184 Å². The normalized spacial score (nSPS) is 15.4. The fourth-order valence-electron chi connectivity index (χ4n) is 6.63. The molecule has 0 aliphatic heterocycles. The van der Waals surface area contributed by atoms with E-state index in [9.17, 15) is 0 Å². The van der Waals surface area contributed by atoms with Crippen LogP contribution < -0.4 is 0 Å². The van der Waals surface area contributed by atoms with Crippen molar-refractivity contribution in [3.05, 3.63) is 0 Å². The van der Waals surface area contributed by atoms with E-state index in [1.807, 2.05) is 0 Å². The Labute approximate surface area is 260 Å². The highest BCUT2D eigenvalue weighted by molar-refractivity contribution is 4.91. The van der Waals surface area contributed by atoms with Gasteiger partial charge in [0.2, 0.25) is 0 Å². The second kappa shape index (κ2) is 14.3. The first-order valence-corrected chi connectivity index (χ1v) is 16.6. The van der Waals surface area contributed by atoms with E-state index in [0.717, 1.165) is 52.4 Å². The number of nitrogens with zero attached hydrogens (tertiary/aromatic N) is 5. The van der Waals surface area contributed by atoms with Crippen LogP contribution in [0.4, 0.5) is 0 Å². The first-order valence-electron chi connectivity index (χ1n) is 16.6. The molecule has 0 heterocycles. The van der Waals surface area contributed by atoms with Gasteiger partial charge in [0.25, 0.3) is 0 Å². The van der Waals surface area contributed by atoms with E-state index < -0.39 is 0 Å². The highest BCUT2D eigenvalue weighted by Crippen LogP contribution is 2.27. The summed E-state index contributed by atoms with van der Waals surface area (Å²) < 4.78 is 0. The van der Waals surface area contributed by atoms with E-state index >= 15 is 0 Å². The van der Waals surface area contributed by atoms with Crippen LogP contribution in [0.2, 0.25) is 0 Å². The van der Waals surface area contributed by atoms with Crippen molar-refractivity contribution in [3.63, 3.8) is 0 Å². The maximum absolute atomic E-state index is 2.72. The molecule has 0 radical (unpaired) electrons. The molecule has 0 aliphatic rings. The maximum Gasteiger partial charge on any atom is 0.0130 e. The Bertz CT molecular complexity index is 652. The molecule has 0 rings (SSSR count). The fraction of sp³-hybridized carbons (Fsp3) is 1.00. The summed E-state index contributed by atoms with van der Waals surface area (Å²) in [5, 5.41) is 0. The average molecular weight is 582 g/mol. The van der Waals surface area contributed by atoms with Crippen molar-refractivity contribution in [3.8, 4) is 0 Å². The number of hydrogen-bond acceptors (Lipinski definition) is 5. The second-order valence-electron chi connectivity index (χ2n) is 19.5. The summed E-state index contributed by atoms with van der Waals surface area (Å²) in [6.07, 6.45) is 0. The third-order valence-electron chi connectivity index (χ3n) is 8.55. The molecule has 0 N–H and O–H groups in total. The largest absolute Gasteiger partial charge is 0.296 e. The summed E-state index contributed by atoms with van der Waals surface area (Å²) in [4.78, 5) is 13.5. The van der Waals surface area contributed by atoms with E-state index in [0.29, 0.717) is 0 Å². The van der Waals surface area contributed by atoms with Gasteiger partial charge in [-0.15, -0.1) is 0 Å². The van der Waals surface area contributed by atoms with Gasteiger partial charge in [0.05, 0.1) is 0 Å². The van der Waals surface area contributed by atoms with Gasteiger partial charge in [0.1, 0.15) is 0 Å². The zero-order valence-electron chi connectivity index (χ0n) is 32.4. The van der Waals surface area contributed by atoms with Crippen LogP contribution in [0.1, 0.15) is 145 Å². The first kappa shape index (κ1) is 40.8. The van der Waals surface area contributed by atoms with Crippen LogP contribution in [0.5, 0.6) is 0 Å². The quantitative estimate of drug-likeness (QED) is 0.231. The molecular formula is C36H79N5. The SMILES string of the molecule is CC(C)(C)N(CCN(CCN(C(C)(C)C)C(C)(C)C)C(C)(C)C)CCN(CCN(C(C)(C)C)C(C)(C)C)C(C)(C)C. The Balaban J connectivity index is 5.71. The van der Waals surface area contributed by atoms with Crippen molar-refractivity contribution >= 4 is 0 Å². The smallest absolute Gasteiger partial charge is 0.0130 e. The van der Waals surface area contributed by atoms with E-state index in [-0.39, 0.29) is 38.8 Å². The second-order valence-corrected chi connectivity index (χ2v) is 19.5. The van der Waals surface area contributed by atoms with Crippen molar-refractivity contribution < 1.29 is 0 Å². The topological polar surface area (TPSA) is 16.2 Å². The van der Waals surface area contributed by atoms with Gasteiger partial charge >= 0.3 is 0 Å². The van der Waals surface area contributed by atoms with Crippen LogP contribution in [0.3, 0.4) is 0 Å². The molecule has 248 valence electrons. The Kier molecular flexibility index (Phi) is 14.2. The van der Waals surface area contributed by atoms with E-state index in [4.69, 9.17) is 0 Å². The van der Waals surface area contributed by atoms with Crippen molar-refractivity contribution in [2.75, 3.05) is 52.4 Å². The number of rotatable bonds is 12. The van der Waals surface area contributed by atoms with Crippen molar-refractivity contribution in [2.24, 2.45) is 0 Å². The molecule has 0 unspecified atom stereocenters. The van der Waals surface area contributed by atoms with Crippen LogP contribution in [0, 0.1) is 0 Å². The lowest BCUT2D eigenvalue weighted by molar-refractivity contribution is 0.00379. The molecule has 0 saturated carbocycles. The molecule has 41 heavy (non-hydrogen) atoms. The predicted octanol–water partition coefficient (Wildman–Crippen LogP) is 8.09. The molecule has 0 amide bonds. The maximum atomic E-state index is 2.72. The lowest BCUT2D eigenvalue weighted by Crippen LogP contribution is -2.58. The van der Waals surface area contributed by atoms with Crippen molar-refractivity contribution in [1.82, 2.24) is 24.5 Å². The summed E-state index contributed by atoms with van der Waals surface area (Å²) >= 11 is 0. The van der Waals surface area contributed by atoms with Gasteiger partial charge in [-0.3, -0.25) is 24.5 Å². The van der Waals surface area contributed by atoms with Crippen LogP contribution >= 0.6 is 0 Å². The summed E-state index contributed by atoms with van der Waals surface area (Å²) in [6.45, 7) is 58.3. The monoisotopic (exact) mass is 582 g/mol. The van der Waals surface area contributed by atoms with Crippen LogP contribution in [-0.4, -0.2) is 116 Å². The molecule has 0 aromatic rings. The standard InChI is InChI=1S/C36H79N5/c1-30(2,3)37(22-24-38(31(4,5)6)26-28-40(33(10,11)12)34(13,14)15)23-25-39(32(7,8)9)27-29-41(35(16,17)18)36(19,20)21/h22-29H2,1-21H3. The Morgan fingerprint density at radius 3 is 0.488 bits per heavy atom. The van der Waals surface area contributed by atoms with Gasteiger partial charge in [0.15, 0.2) is 0 Å². The van der Waals surface area contributed by atoms with Gasteiger partial charge in [-0.05, 0) is 145 Å². The zero-order valence-corrected chi connectivity index (χ0v) is 32.4. The minimum absolute atomic E-state index is 0.124. The number of hydrogen-bond donors (Lipinski definition) is 0. The van der Waals surface area contributed by atoms with E-state index in [2.05, 4.69) is 170 Å². The molecule has 0 aliphatic carbocycles. The van der Waals surface area contributed by atoms with E-state index in [1.165, 1.54) is 0 Å². The summed E-state index contributed by atoms with van der Waals surface area (Å²) in [5.74, 6) is 0. The average Bonchev–Trinajstić information content (AvgIpc) is 2.63. The lowest BCUT2D eigenvalue weighted by atomic mass is 9.95. The molecule has 0 saturated heterocycles. The molecule has 0 aromatic carbocycles. The van der Waals surface area contributed by atoms with E-state index in [1.54, 1.807) is 0 Å². The van der Waals surface area contributed by atoms with Gasteiger partial charge in [-0.2, -0.15) is 0 Å². The molecule has 5 nitrogen and oxygen atoms in total. The van der Waals surface area contributed by atoms with Crippen LogP contribution in [0.25, 0.3) is 0 Å². The van der Waals surface area contributed by atoms with Crippen LogP contribution in [-0.2, 0) is 0 Å². The molecule has 0 atom stereocenters. The third kappa shape index (κ3) is 14.9. The molecular weight excluding hydrogens is 502 g/mol. The molecule has 5 heteroatoms. The third-order valence-corrected chi connectivity index (χ3v) is 8.55. The Morgan fingerprint density at radius 1 is 0.220 bits per heavy atom. The van der Waals surface area contributed by atoms with Gasteiger partial charge < -0.3 is 0 Å². The molecule has 0 aromatic heterocycles. The van der Waals surface area contributed by atoms with Gasteiger partial charge in [-0.1, -0.05) is 0 Å². The summed E-state index contributed by atoms with van der Waals surface area (Å²) in [6, 6.07) is 0. The zero-order chi connectivity index (χ0) is 33.0. The van der Waals surface area contributed by atoms with Gasteiger partial charge in [0, 0.05) is 91.1 Å². The summed E-state index contributed by atoms with van der Waals surface area (Å²) in [7, 11) is 0. The first-order chi connectivity index (χ1) is 17.8. The van der Waals surface area contributed by atoms with Crippen molar-refractivity contribution in [1.29, 1.82) is 0 Å².